The third kappa shape index (κ3) is 2.34. The van der Waals surface area contributed by atoms with E-state index in [0.717, 1.165) is 12.5 Å². The highest BCUT2D eigenvalue weighted by Gasteiger charge is 2.51. The Balaban J connectivity index is 3.22. The van der Waals surface area contributed by atoms with Gasteiger partial charge in [-0.2, -0.15) is 13.2 Å². The standard InChI is InChI=1S/C10H10BrF3O/c1-6-3-4-7(5-8(6)11)9(2,15)10(12,13)14/h3-5,15H,1-2H3. The van der Waals surface area contributed by atoms with E-state index >= 15 is 0 Å². The van der Waals surface area contributed by atoms with E-state index in [1.165, 1.54) is 18.2 Å². The van der Waals surface area contributed by atoms with Crippen molar-refractivity contribution in [3.05, 3.63) is 33.8 Å². The first-order chi connectivity index (χ1) is 6.66. The average Bonchev–Trinajstić information content (AvgIpc) is 2.07. The van der Waals surface area contributed by atoms with E-state index in [0.29, 0.717) is 4.47 Å². The van der Waals surface area contributed by atoms with Crippen LogP contribution in [0, 0.1) is 6.92 Å². The summed E-state index contributed by atoms with van der Waals surface area (Å²) in [6.07, 6.45) is -4.68. The van der Waals surface area contributed by atoms with Crippen LogP contribution in [0.15, 0.2) is 22.7 Å². The number of aliphatic hydroxyl groups is 1. The van der Waals surface area contributed by atoms with E-state index in [2.05, 4.69) is 15.9 Å². The molecule has 15 heavy (non-hydrogen) atoms. The fourth-order valence-corrected chi connectivity index (χ4v) is 1.44. The maximum absolute atomic E-state index is 12.5. The molecule has 1 aromatic carbocycles. The van der Waals surface area contributed by atoms with Crippen LogP contribution in [0.3, 0.4) is 0 Å². The molecule has 0 aliphatic carbocycles. The summed E-state index contributed by atoms with van der Waals surface area (Å²) in [6.45, 7) is 2.50. The zero-order chi connectivity index (χ0) is 11.9. The second-order valence-electron chi connectivity index (χ2n) is 3.53. The lowest BCUT2D eigenvalue weighted by Crippen LogP contribution is -2.39. The highest BCUT2D eigenvalue weighted by Crippen LogP contribution is 2.39. The molecule has 0 saturated heterocycles. The van der Waals surface area contributed by atoms with Gasteiger partial charge in [0, 0.05) is 4.47 Å². The topological polar surface area (TPSA) is 20.2 Å². The molecule has 1 N–H and O–H groups in total. The molecule has 0 aromatic heterocycles. The van der Waals surface area contributed by atoms with Crippen molar-refractivity contribution in [3.8, 4) is 0 Å². The number of hydrogen-bond donors (Lipinski definition) is 1. The van der Waals surface area contributed by atoms with Gasteiger partial charge < -0.3 is 5.11 Å². The first-order valence-electron chi connectivity index (χ1n) is 4.22. The van der Waals surface area contributed by atoms with Gasteiger partial charge >= 0.3 is 6.18 Å². The maximum atomic E-state index is 12.5. The van der Waals surface area contributed by atoms with E-state index in [-0.39, 0.29) is 5.56 Å². The molecular weight excluding hydrogens is 273 g/mol. The summed E-state index contributed by atoms with van der Waals surface area (Å²) in [5, 5.41) is 9.39. The first-order valence-corrected chi connectivity index (χ1v) is 5.01. The minimum atomic E-state index is -4.68. The molecule has 1 unspecified atom stereocenters. The molecule has 5 heteroatoms. The molecule has 0 aliphatic heterocycles. The van der Waals surface area contributed by atoms with E-state index < -0.39 is 11.8 Å². The lowest BCUT2D eigenvalue weighted by Gasteiger charge is -2.27. The van der Waals surface area contributed by atoms with Gasteiger partial charge in [0.25, 0.3) is 0 Å². The molecule has 0 bridgehead atoms. The van der Waals surface area contributed by atoms with Crippen molar-refractivity contribution in [1.82, 2.24) is 0 Å². The van der Waals surface area contributed by atoms with Gasteiger partial charge in [-0.15, -0.1) is 0 Å². The molecule has 1 nitrogen and oxygen atoms in total. The fraction of sp³-hybridized carbons (Fsp3) is 0.400. The Morgan fingerprint density at radius 1 is 1.27 bits per heavy atom. The third-order valence-electron chi connectivity index (χ3n) is 2.29. The van der Waals surface area contributed by atoms with Crippen molar-refractivity contribution in [3.63, 3.8) is 0 Å². The van der Waals surface area contributed by atoms with Gasteiger partial charge in [0.05, 0.1) is 0 Å². The van der Waals surface area contributed by atoms with Gasteiger partial charge in [0.2, 0.25) is 0 Å². The van der Waals surface area contributed by atoms with E-state index in [9.17, 15) is 18.3 Å². The van der Waals surface area contributed by atoms with Crippen LogP contribution in [-0.2, 0) is 5.60 Å². The van der Waals surface area contributed by atoms with Crippen molar-refractivity contribution in [2.24, 2.45) is 0 Å². The molecule has 1 rings (SSSR count). The Labute approximate surface area is 94.0 Å². The van der Waals surface area contributed by atoms with Gasteiger partial charge in [-0.05, 0) is 31.0 Å². The Kier molecular flexibility index (Phi) is 3.16. The predicted octanol–water partition coefficient (Wildman–Crippen LogP) is 3.53. The largest absolute Gasteiger partial charge is 0.421 e. The van der Waals surface area contributed by atoms with Crippen molar-refractivity contribution in [2.45, 2.75) is 25.6 Å². The second-order valence-corrected chi connectivity index (χ2v) is 4.39. The minimum Gasteiger partial charge on any atom is -0.376 e. The van der Waals surface area contributed by atoms with Crippen LogP contribution in [0.5, 0.6) is 0 Å². The van der Waals surface area contributed by atoms with Crippen LogP contribution >= 0.6 is 15.9 Å². The number of benzene rings is 1. The summed E-state index contributed by atoms with van der Waals surface area (Å²) in [6, 6.07) is 4.08. The van der Waals surface area contributed by atoms with Crippen LogP contribution in [-0.4, -0.2) is 11.3 Å². The molecule has 0 radical (unpaired) electrons. The highest BCUT2D eigenvalue weighted by molar-refractivity contribution is 9.10. The van der Waals surface area contributed by atoms with Gasteiger partial charge in [0.1, 0.15) is 0 Å². The molecule has 0 fully saturated rings. The molecule has 84 valence electrons. The van der Waals surface area contributed by atoms with Crippen LogP contribution in [0.25, 0.3) is 0 Å². The number of halogens is 4. The molecule has 0 aliphatic rings. The third-order valence-corrected chi connectivity index (χ3v) is 3.14. The predicted molar refractivity (Wildman–Crippen MR) is 54.5 cm³/mol. The normalized spacial score (nSPS) is 16.2. The van der Waals surface area contributed by atoms with E-state index in [1.54, 1.807) is 6.92 Å². The summed E-state index contributed by atoms with van der Waals surface area (Å²) >= 11 is 3.13. The first kappa shape index (κ1) is 12.5. The van der Waals surface area contributed by atoms with Crippen molar-refractivity contribution >= 4 is 15.9 Å². The molecule has 0 heterocycles. The smallest absolute Gasteiger partial charge is 0.376 e. The Hall–Kier alpha value is -0.550. The molecule has 1 atom stereocenters. The maximum Gasteiger partial charge on any atom is 0.421 e. The quantitative estimate of drug-likeness (QED) is 0.836. The molecule has 0 amide bonds. The van der Waals surface area contributed by atoms with Crippen molar-refractivity contribution in [1.29, 1.82) is 0 Å². The van der Waals surface area contributed by atoms with Crippen LogP contribution in [0.2, 0.25) is 0 Å². The zero-order valence-corrected chi connectivity index (χ0v) is 9.78. The lowest BCUT2D eigenvalue weighted by atomic mass is 9.95. The Morgan fingerprint density at radius 3 is 2.20 bits per heavy atom. The molecular formula is C10H10BrF3O. The van der Waals surface area contributed by atoms with Crippen LogP contribution in [0.1, 0.15) is 18.1 Å². The zero-order valence-electron chi connectivity index (χ0n) is 8.19. The lowest BCUT2D eigenvalue weighted by molar-refractivity contribution is -0.258. The van der Waals surface area contributed by atoms with Crippen molar-refractivity contribution < 1.29 is 18.3 Å². The number of rotatable bonds is 1. The second kappa shape index (κ2) is 3.79. The van der Waals surface area contributed by atoms with Gasteiger partial charge in [-0.25, -0.2) is 0 Å². The SMILES string of the molecule is Cc1ccc(C(C)(O)C(F)(F)F)cc1Br. The van der Waals surface area contributed by atoms with Crippen LogP contribution in [0.4, 0.5) is 13.2 Å². The average molecular weight is 283 g/mol. The number of aryl methyl sites for hydroxylation is 1. The van der Waals surface area contributed by atoms with Crippen molar-refractivity contribution in [2.75, 3.05) is 0 Å². The summed E-state index contributed by atoms with van der Waals surface area (Å²) < 4.78 is 38.0. The fourth-order valence-electron chi connectivity index (χ4n) is 1.06. The van der Waals surface area contributed by atoms with Crippen LogP contribution < -0.4 is 0 Å². The molecule has 0 saturated carbocycles. The number of alkyl halides is 3. The van der Waals surface area contributed by atoms with Gasteiger partial charge in [-0.3, -0.25) is 0 Å². The van der Waals surface area contributed by atoms with E-state index in [4.69, 9.17) is 0 Å². The molecule has 0 spiro atoms. The van der Waals surface area contributed by atoms with Gasteiger partial charge in [-0.1, -0.05) is 28.1 Å². The molecule has 1 aromatic rings. The Morgan fingerprint density at radius 2 is 1.80 bits per heavy atom. The minimum absolute atomic E-state index is 0.174. The van der Waals surface area contributed by atoms with E-state index in [1.807, 2.05) is 0 Å². The summed E-state index contributed by atoms with van der Waals surface area (Å²) in [4.78, 5) is 0. The summed E-state index contributed by atoms with van der Waals surface area (Å²) in [5.74, 6) is 0. The van der Waals surface area contributed by atoms with Gasteiger partial charge in [0.15, 0.2) is 5.60 Å². The number of hydrogen-bond acceptors (Lipinski definition) is 1. The highest BCUT2D eigenvalue weighted by atomic mass is 79.9. The Bertz CT molecular complexity index is 371. The monoisotopic (exact) mass is 282 g/mol. The summed E-state index contributed by atoms with van der Waals surface area (Å²) in [5.41, 5.74) is -2.17. The summed E-state index contributed by atoms with van der Waals surface area (Å²) in [7, 11) is 0.